The molecule has 0 aromatic carbocycles. The van der Waals surface area contributed by atoms with E-state index in [1.54, 1.807) is 26.0 Å². The second-order valence-corrected chi connectivity index (χ2v) is 8.96. The summed E-state index contributed by atoms with van der Waals surface area (Å²) in [5, 5.41) is 9.70. The number of ketones is 2. The number of carbonyl (C=O) groups is 3. The van der Waals surface area contributed by atoms with E-state index in [1.807, 2.05) is 13.8 Å². The number of aliphatic hydroxyl groups excluding tert-OH is 1. The van der Waals surface area contributed by atoms with Crippen LogP contribution in [-0.2, 0) is 19.1 Å². The third-order valence-electron chi connectivity index (χ3n) is 5.53. The molecule has 0 spiro atoms. The van der Waals surface area contributed by atoms with Crippen molar-refractivity contribution in [1.29, 1.82) is 0 Å². The lowest BCUT2D eigenvalue weighted by atomic mass is 9.65. The fourth-order valence-electron chi connectivity index (χ4n) is 3.94. The van der Waals surface area contributed by atoms with E-state index in [1.165, 1.54) is 24.8 Å². The summed E-state index contributed by atoms with van der Waals surface area (Å²) in [4.78, 5) is 36.9. The number of hydrogen-bond donors (Lipinski definition) is 1. The molecule has 0 saturated heterocycles. The molecule has 3 atom stereocenters. The minimum atomic E-state index is -0.599. The minimum Gasteiger partial charge on any atom is -0.432 e. The van der Waals surface area contributed by atoms with Gasteiger partial charge in [-0.25, -0.2) is 4.79 Å². The Morgan fingerprint density at radius 2 is 1.87 bits per heavy atom. The second-order valence-electron chi connectivity index (χ2n) is 8.96. The number of hydrogen-bond acceptors (Lipinski definition) is 5. The highest BCUT2D eigenvalue weighted by Crippen LogP contribution is 2.46. The number of Topliss-reactive ketones (excluding diaryl/α,β-unsaturated/α-hetero) is 2. The second kappa shape index (κ2) is 11.8. The quantitative estimate of drug-likeness (QED) is 0.251. The Morgan fingerprint density at radius 1 is 1.20 bits per heavy atom. The van der Waals surface area contributed by atoms with E-state index in [0.717, 1.165) is 18.4 Å². The van der Waals surface area contributed by atoms with E-state index in [4.69, 9.17) is 4.74 Å². The smallest absolute Gasteiger partial charge is 0.335 e. The van der Waals surface area contributed by atoms with Gasteiger partial charge in [-0.05, 0) is 71.3 Å². The van der Waals surface area contributed by atoms with E-state index in [0.29, 0.717) is 12.0 Å². The van der Waals surface area contributed by atoms with Crippen molar-refractivity contribution in [2.45, 2.75) is 67.2 Å². The van der Waals surface area contributed by atoms with Gasteiger partial charge in [-0.15, -0.1) is 0 Å². The molecule has 0 heterocycles. The molecular weight excluding hydrogens is 380 g/mol. The first kappa shape index (κ1) is 25.8. The normalized spacial score (nSPS) is 24.1. The Kier molecular flexibility index (Phi) is 10.1. The average Bonchev–Trinajstić information content (AvgIpc) is 2.71. The summed E-state index contributed by atoms with van der Waals surface area (Å²) >= 11 is 0. The Balaban J connectivity index is 3.33. The molecule has 166 valence electrons. The van der Waals surface area contributed by atoms with Crippen molar-refractivity contribution in [1.82, 2.24) is 0 Å². The summed E-state index contributed by atoms with van der Waals surface area (Å²) in [5.41, 5.74) is 2.07. The molecule has 1 rings (SSSR count). The van der Waals surface area contributed by atoms with Crippen molar-refractivity contribution in [3.05, 3.63) is 47.3 Å². The lowest BCUT2D eigenvalue weighted by molar-refractivity contribution is -0.132. The van der Waals surface area contributed by atoms with Crippen LogP contribution in [0.1, 0.15) is 67.2 Å². The highest BCUT2D eigenvalue weighted by Gasteiger charge is 2.43. The Hall–Kier alpha value is -2.27. The van der Waals surface area contributed by atoms with Gasteiger partial charge in [-0.3, -0.25) is 4.79 Å². The van der Waals surface area contributed by atoms with Crippen molar-refractivity contribution in [2.24, 2.45) is 17.3 Å². The van der Waals surface area contributed by atoms with Gasteiger partial charge in [-0.2, -0.15) is 0 Å². The summed E-state index contributed by atoms with van der Waals surface area (Å²) in [6.07, 6.45) is 10.8. The van der Waals surface area contributed by atoms with Gasteiger partial charge >= 0.3 is 5.97 Å². The Labute approximate surface area is 180 Å². The van der Waals surface area contributed by atoms with Gasteiger partial charge in [0.1, 0.15) is 5.78 Å². The molecule has 1 aliphatic rings. The zero-order valence-corrected chi connectivity index (χ0v) is 19.2. The van der Waals surface area contributed by atoms with Gasteiger partial charge in [0, 0.05) is 24.0 Å². The average molecular weight is 417 g/mol. The van der Waals surface area contributed by atoms with Gasteiger partial charge in [0.25, 0.3) is 0 Å². The fraction of sp³-hybridized carbons (Fsp3) is 0.560. The topological polar surface area (TPSA) is 80.7 Å². The van der Waals surface area contributed by atoms with E-state index < -0.39 is 11.9 Å². The van der Waals surface area contributed by atoms with Gasteiger partial charge in [0.2, 0.25) is 0 Å². The molecule has 0 fully saturated rings. The molecule has 0 saturated carbocycles. The van der Waals surface area contributed by atoms with Crippen molar-refractivity contribution in [3.63, 3.8) is 0 Å². The van der Waals surface area contributed by atoms with Crippen LogP contribution in [0.5, 0.6) is 0 Å². The molecule has 5 heteroatoms. The standard InChI is InChI=1S/C25H36O5/c1-17(2)8-7-11-25(6)12-9-20(16-26)24(29)21(15-19(5)27)22(25)10-13-30-23(28)14-18(3)4/h8-10,13-14,21-22,26H,7,11-12,15-16H2,1-6H3/t21-,22-,25-/m0/s1. The van der Waals surface area contributed by atoms with Crippen LogP contribution in [0.2, 0.25) is 0 Å². The Bertz CT molecular complexity index is 760. The fourth-order valence-corrected chi connectivity index (χ4v) is 3.94. The van der Waals surface area contributed by atoms with Crippen molar-refractivity contribution in [3.8, 4) is 0 Å². The molecule has 5 nitrogen and oxygen atoms in total. The lowest BCUT2D eigenvalue weighted by Crippen LogP contribution is -2.35. The van der Waals surface area contributed by atoms with Gasteiger partial charge < -0.3 is 14.6 Å². The van der Waals surface area contributed by atoms with E-state index >= 15 is 0 Å². The van der Waals surface area contributed by atoms with Crippen LogP contribution in [0.4, 0.5) is 0 Å². The zero-order valence-electron chi connectivity index (χ0n) is 19.2. The number of esters is 1. The molecule has 0 aliphatic heterocycles. The molecule has 30 heavy (non-hydrogen) atoms. The lowest BCUT2D eigenvalue weighted by Gasteiger charge is -2.38. The molecule has 0 radical (unpaired) electrons. The van der Waals surface area contributed by atoms with Crippen molar-refractivity contribution < 1.29 is 24.2 Å². The molecule has 0 bridgehead atoms. The summed E-state index contributed by atoms with van der Waals surface area (Å²) in [7, 11) is 0. The van der Waals surface area contributed by atoms with Crippen molar-refractivity contribution in [2.75, 3.05) is 6.61 Å². The van der Waals surface area contributed by atoms with Crippen LogP contribution in [0.15, 0.2) is 47.3 Å². The zero-order chi connectivity index (χ0) is 22.9. The van der Waals surface area contributed by atoms with Crippen LogP contribution < -0.4 is 0 Å². The molecule has 1 N–H and O–H groups in total. The maximum absolute atomic E-state index is 13.1. The monoisotopic (exact) mass is 416 g/mol. The SMILES string of the molecule is CC(=O)C[C@@H]1C(=O)C(CO)=CC[C@](C)(CCC=C(C)C)[C@H]1C=COC(=O)C=C(C)C. The van der Waals surface area contributed by atoms with Crippen LogP contribution >= 0.6 is 0 Å². The first-order valence-electron chi connectivity index (χ1n) is 10.5. The predicted octanol–water partition coefficient (Wildman–Crippen LogP) is 4.87. The molecule has 0 unspecified atom stereocenters. The molecule has 0 amide bonds. The highest BCUT2D eigenvalue weighted by atomic mass is 16.5. The van der Waals surface area contributed by atoms with Crippen LogP contribution in [0.25, 0.3) is 0 Å². The molecule has 0 aromatic rings. The summed E-state index contributed by atoms with van der Waals surface area (Å²) < 4.78 is 5.20. The molecule has 1 aliphatic carbocycles. The predicted molar refractivity (Wildman–Crippen MR) is 119 cm³/mol. The number of carbonyl (C=O) groups excluding carboxylic acids is 3. The largest absolute Gasteiger partial charge is 0.432 e. The van der Waals surface area contributed by atoms with Crippen LogP contribution in [-0.4, -0.2) is 29.2 Å². The van der Waals surface area contributed by atoms with Crippen LogP contribution in [0.3, 0.4) is 0 Å². The highest BCUT2D eigenvalue weighted by molar-refractivity contribution is 6.00. The maximum Gasteiger partial charge on any atom is 0.335 e. The first-order valence-corrected chi connectivity index (χ1v) is 10.5. The summed E-state index contributed by atoms with van der Waals surface area (Å²) in [6, 6.07) is 0. The third-order valence-corrected chi connectivity index (χ3v) is 5.53. The Morgan fingerprint density at radius 3 is 2.40 bits per heavy atom. The minimum absolute atomic E-state index is 0.0841. The van der Waals surface area contributed by atoms with Gasteiger partial charge in [0.15, 0.2) is 5.78 Å². The number of allylic oxidation sites excluding steroid dienone is 5. The van der Waals surface area contributed by atoms with E-state index in [-0.39, 0.29) is 35.9 Å². The summed E-state index contributed by atoms with van der Waals surface area (Å²) in [5.74, 6) is -1.67. The van der Waals surface area contributed by atoms with Gasteiger partial charge in [-0.1, -0.05) is 30.2 Å². The third kappa shape index (κ3) is 7.86. The van der Waals surface area contributed by atoms with E-state index in [2.05, 4.69) is 13.0 Å². The maximum atomic E-state index is 13.1. The molecular formula is C25H36O5. The summed E-state index contributed by atoms with van der Waals surface area (Å²) in [6.45, 7) is 10.9. The number of aliphatic hydroxyl groups is 1. The van der Waals surface area contributed by atoms with Gasteiger partial charge in [0.05, 0.1) is 12.9 Å². The van der Waals surface area contributed by atoms with Crippen molar-refractivity contribution >= 4 is 17.5 Å². The number of ether oxygens (including phenoxy) is 1. The van der Waals surface area contributed by atoms with Crippen LogP contribution in [0, 0.1) is 17.3 Å². The first-order chi connectivity index (χ1) is 14.0. The number of rotatable bonds is 9. The van der Waals surface area contributed by atoms with E-state index in [9.17, 15) is 19.5 Å². The molecule has 0 aromatic heterocycles.